The lowest BCUT2D eigenvalue weighted by atomic mass is 9.95. The molecule has 1 unspecified atom stereocenters. The van der Waals surface area contributed by atoms with E-state index < -0.39 is 5.54 Å². The molecule has 0 aliphatic heterocycles. The summed E-state index contributed by atoms with van der Waals surface area (Å²) < 4.78 is 5.10. The number of ether oxygens (including phenoxy) is 1. The number of hydrogen-bond donors (Lipinski definition) is 1. The average Bonchev–Trinajstić information content (AvgIpc) is 2.43. The van der Waals surface area contributed by atoms with Crippen LogP contribution >= 0.6 is 0 Å². The molecule has 2 N–H and O–H groups in total. The standard InChI is InChI=1S/C16H26N2O2/c1-4-10-16(2,17)15(19)18(11-12-20-3)13-14-8-6-5-7-9-14/h5-9H,4,10-13,17H2,1-3H3. The number of benzene rings is 1. The van der Waals surface area contributed by atoms with Gasteiger partial charge in [-0.25, -0.2) is 0 Å². The smallest absolute Gasteiger partial charge is 0.242 e. The van der Waals surface area contributed by atoms with Crippen LogP contribution in [0, 0.1) is 0 Å². The molecule has 1 aromatic rings. The molecule has 0 aliphatic rings. The third-order valence-electron chi connectivity index (χ3n) is 3.33. The molecule has 0 saturated heterocycles. The number of rotatable bonds is 8. The molecule has 0 bridgehead atoms. The second-order valence-electron chi connectivity index (χ2n) is 5.37. The minimum absolute atomic E-state index is 0.0137. The molecular weight excluding hydrogens is 252 g/mol. The zero-order valence-electron chi connectivity index (χ0n) is 12.8. The number of methoxy groups -OCH3 is 1. The van der Waals surface area contributed by atoms with Gasteiger partial charge in [-0.05, 0) is 18.9 Å². The Kier molecular flexibility index (Phi) is 6.68. The first-order chi connectivity index (χ1) is 9.51. The average molecular weight is 278 g/mol. The van der Waals surface area contributed by atoms with Crippen molar-refractivity contribution in [2.24, 2.45) is 5.73 Å². The van der Waals surface area contributed by atoms with Crippen molar-refractivity contribution in [1.82, 2.24) is 4.90 Å². The topological polar surface area (TPSA) is 55.6 Å². The number of amides is 1. The van der Waals surface area contributed by atoms with E-state index >= 15 is 0 Å². The molecule has 0 aliphatic carbocycles. The van der Waals surface area contributed by atoms with Gasteiger partial charge >= 0.3 is 0 Å². The van der Waals surface area contributed by atoms with E-state index in [2.05, 4.69) is 0 Å². The highest BCUT2D eigenvalue weighted by atomic mass is 16.5. The number of nitrogens with zero attached hydrogens (tertiary/aromatic N) is 1. The molecule has 0 radical (unpaired) electrons. The van der Waals surface area contributed by atoms with Crippen LogP contribution in [-0.4, -0.2) is 36.6 Å². The Morgan fingerprint density at radius 2 is 2.00 bits per heavy atom. The van der Waals surface area contributed by atoms with Crippen molar-refractivity contribution in [2.75, 3.05) is 20.3 Å². The number of carbonyl (C=O) groups is 1. The zero-order valence-corrected chi connectivity index (χ0v) is 12.8. The largest absolute Gasteiger partial charge is 0.383 e. The number of nitrogens with two attached hydrogens (primary N) is 1. The molecule has 1 atom stereocenters. The van der Waals surface area contributed by atoms with Crippen molar-refractivity contribution in [1.29, 1.82) is 0 Å². The molecule has 4 nitrogen and oxygen atoms in total. The first kappa shape index (κ1) is 16.7. The highest BCUT2D eigenvalue weighted by Gasteiger charge is 2.31. The van der Waals surface area contributed by atoms with Gasteiger partial charge in [0.2, 0.25) is 5.91 Å². The molecule has 1 rings (SSSR count). The highest BCUT2D eigenvalue weighted by Crippen LogP contribution is 2.15. The normalized spacial score (nSPS) is 13.8. The summed E-state index contributed by atoms with van der Waals surface area (Å²) in [5.41, 5.74) is 6.46. The van der Waals surface area contributed by atoms with Gasteiger partial charge in [0, 0.05) is 20.2 Å². The lowest BCUT2D eigenvalue weighted by Crippen LogP contribution is -2.53. The third-order valence-corrected chi connectivity index (χ3v) is 3.33. The van der Waals surface area contributed by atoms with E-state index in [1.54, 1.807) is 12.0 Å². The Bertz CT molecular complexity index is 404. The van der Waals surface area contributed by atoms with Gasteiger partial charge in [0.1, 0.15) is 0 Å². The predicted octanol–water partition coefficient (Wildman–Crippen LogP) is 2.18. The van der Waals surface area contributed by atoms with Crippen LogP contribution < -0.4 is 5.73 Å². The van der Waals surface area contributed by atoms with Crippen LogP contribution in [0.15, 0.2) is 30.3 Å². The van der Waals surface area contributed by atoms with Crippen LogP contribution in [0.5, 0.6) is 0 Å². The van der Waals surface area contributed by atoms with E-state index in [1.807, 2.05) is 44.2 Å². The maximum Gasteiger partial charge on any atom is 0.242 e. The Morgan fingerprint density at radius 1 is 1.35 bits per heavy atom. The van der Waals surface area contributed by atoms with Crippen LogP contribution in [0.4, 0.5) is 0 Å². The fraction of sp³-hybridized carbons (Fsp3) is 0.562. The highest BCUT2D eigenvalue weighted by molar-refractivity contribution is 5.85. The SMILES string of the molecule is CCCC(C)(N)C(=O)N(CCOC)Cc1ccccc1. The van der Waals surface area contributed by atoms with Gasteiger partial charge in [0.15, 0.2) is 0 Å². The van der Waals surface area contributed by atoms with Gasteiger partial charge in [-0.15, -0.1) is 0 Å². The van der Waals surface area contributed by atoms with Crippen molar-refractivity contribution < 1.29 is 9.53 Å². The summed E-state index contributed by atoms with van der Waals surface area (Å²) in [6.07, 6.45) is 1.58. The van der Waals surface area contributed by atoms with Gasteiger partial charge in [-0.2, -0.15) is 0 Å². The van der Waals surface area contributed by atoms with Crippen LogP contribution in [-0.2, 0) is 16.1 Å². The second kappa shape index (κ2) is 8.02. The summed E-state index contributed by atoms with van der Waals surface area (Å²) >= 11 is 0. The van der Waals surface area contributed by atoms with Crippen molar-refractivity contribution in [2.45, 2.75) is 38.8 Å². The van der Waals surface area contributed by atoms with Crippen LogP contribution in [0.1, 0.15) is 32.3 Å². The van der Waals surface area contributed by atoms with E-state index in [0.717, 1.165) is 12.0 Å². The predicted molar refractivity (Wildman–Crippen MR) is 81.2 cm³/mol. The van der Waals surface area contributed by atoms with Crippen LogP contribution in [0.25, 0.3) is 0 Å². The monoisotopic (exact) mass is 278 g/mol. The Morgan fingerprint density at radius 3 is 2.55 bits per heavy atom. The lowest BCUT2D eigenvalue weighted by Gasteiger charge is -2.31. The van der Waals surface area contributed by atoms with E-state index in [4.69, 9.17) is 10.5 Å². The summed E-state index contributed by atoms with van der Waals surface area (Å²) in [4.78, 5) is 14.4. The Balaban J connectivity index is 2.80. The second-order valence-corrected chi connectivity index (χ2v) is 5.37. The van der Waals surface area contributed by atoms with Gasteiger partial charge in [-0.3, -0.25) is 4.79 Å². The molecule has 0 aromatic heterocycles. The molecule has 0 fully saturated rings. The molecule has 112 valence electrons. The molecule has 0 saturated carbocycles. The fourth-order valence-electron chi connectivity index (χ4n) is 2.25. The third kappa shape index (κ3) is 4.94. The Hall–Kier alpha value is -1.39. The summed E-state index contributed by atoms with van der Waals surface area (Å²) in [6, 6.07) is 9.94. The van der Waals surface area contributed by atoms with Crippen molar-refractivity contribution in [3.8, 4) is 0 Å². The van der Waals surface area contributed by atoms with Crippen molar-refractivity contribution >= 4 is 5.91 Å². The molecular formula is C16H26N2O2. The van der Waals surface area contributed by atoms with Crippen molar-refractivity contribution in [3.05, 3.63) is 35.9 Å². The summed E-state index contributed by atoms with van der Waals surface area (Å²) in [5, 5.41) is 0. The summed E-state index contributed by atoms with van der Waals surface area (Å²) in [5.74, 6) is -0.0137. The maximum absolute atomic E-state index is 12.6. The maximum atomic E-state index is 12.6. The zero-order chi connectivity index (χ0) is 15.0. The van der Waals surface area contributed by atoms with E-state index in [0.29, 0.717) is 26.1 Å². The first-order valence-corrected chi connectivity index (χ1v) is 7.12. The molecule has 20 heavy (non-hydrogen) atoms. The van der Waals surface area contributed by atoms with Gasteiger partial charge in [-0.1, -0.05) is 43.7 Å². The van der Waals surface area contributed by atoms with Gasteiger partial charge in [0.05, 0.1) is 12.1 Å². The van der Waals surface area contributed by atoms with E-state index in [9.17, 15) is 4.79 Å². The van der Waals surface area contributed by atoms with Gasteiger partial charge in [0.25, 0.3) is 0 Å². The molecule has 1 amide bonds. The molecule has 1 aromatic carbocycles. The Labute approximate surface area is 121 Å². The van der Waals surface area contributed by atoms with E-state index in [-0.39, 0.29) is 5.91 Å². The minimum Gasteiger partial charge on any atom is -0.383 e. The summed E-state index contributed by atoms with van der Waals surface area (Å²) in [6.45, 7) is 5.49. The quantitative estimate of drug-likeness (QED) is 0.793. The minimum atomic E-state index is -0.808. The summed E-state index contributed by atoms with van der Waals surface area (Å²) in [7, 11) is 1.64. The molecule has 0 spiro atoms. The molecule has 4 heteroatoms. The van der Waals surface area contributed by atoms with Crippen LogP contribution in [0.2, 0.25) is 0 Å². The van der Waals surface area contributed by atoms with Crippen molar-refractivity contribution in [3.63, 3.8) is 0 Å². The van der Waals surface area contributed by atoms with Crippen LogP contribution in [0.3, 0.4) is 0 Å². The number of carbonyl (C=O) groups excluding carboxylic acids is 1. The number of hydrogen-bond acceptors (Lipinski definition) is 3. The van der Waals surface area contributed by atoms with Gasteiger partial charge < -0.3 is 15.4 Å². The van der Waals surface area contributed by atoms with E-state index in [1.165, 1.54) is 0 Å². The molecule has 0 heterocycles. The fourth-order valence-corrected chi connectivity index (χ4v) is 2.25. The first-order valence-electron chi connectivity index (χ1n) is 7.12. The lowest BCUT2D eigenvalue weighted by molar-refractivity contribution is -0.138.